The molecule has 0 radical (unpaired) electrons. The van der Waals surface area contributed by atoms with E-state index in [1.807, 2.05) is 0 Å². The summed E-state index contributed by atoms with van der Waals surface area (Å²) < 4.78 is 11.1. The molecule has 0 bridgehead atoms. The molecule has 0 N–H and O–H groups in total. The van der Waals surface area contributed by atoms with E-state index in [9.17, 15) is 9.59 Å². The maximum Gasteiger partial charge on any atom is 0.295 e. The first-order valence-electron chi connectivity index (χ1n) is 10.9. The summed E-state index contributed by atoms with van der Waals surface area (Å²) in [6, 6.07) is 2.10. The van der Waals surface area contributed by atoms with Crippen molar-refractivity contribution in [2.24, 2.45) is 11.8 Å². The number of unbranched alkanes of at least 4 members (excludes halogenated alkanes) is 1. The monoisotopic (exact) mass is 402 g/mol. The highest BCUT2D eigenvalue weighted by molar-refractivity contribution is 6.31. The molecule has 0 heterocycles. The molecule has 0 rings (SSSR count). The zero-order chi connectivity index (χ0) is 19.6. The van der Waals surface area contributed by atoms with Crippen molar-refractivity contribution in [3.63, 3.8) is 0 Å². The molecule has 0 atom stereocenters. The van der Waals surface area contributed by atoms with Gasteiger partial charge in [-0.2, -0.15) is 0 Å². The number of carbonyl (C=O) groups is 2. The fraction of sp³-hybridized carbons (Fsp3) is 0.900. The predicted molar refractivity (Wildman–Crippen MR) is 115 cm³/mol. The van der Waals surface area contributed by atoms with E-state index in [2.05, 4.69) is 27.7 Å². The second-order valence-corrected chi connectivity index (χ2v) is 10.1. The Hall–Kier alpha value is -0.626. The SMILES string of the molecule is CCCC(CCC)C(=O)O[SiH2]CCCC[SiH2]OC(=O)C(CCC)CCC. The summed E-state index contributed by atoms with van der Waals surface area (Å²) in [6.07, 6.45) is 10.2. The molecule has 0 saturated heterocycles. The predicted octanol–water partition coefficient (Wildman–Crippen LogP) is 4.29. The molecule has 26 heavy (non-hydrogen) atoms. The highest BCUT2D eigenvalue weighted by atomic mass is 28.2. The Bertz CT molecular complexity index is 318. The van der Waals surface area contributed by atoms with Gasteiger partial charge < -0.3 is 8.85 Å². The molecular weight excluding hydrogens is 360 g/mol. The van der Waals surface area contributed by atoms with Gasteiger partial charge in [0, 0.05) is 0 Å². The molecule has 0 aliphatic heterocycles. The van der Waals surface area contributed by atoms with E-state index in [4.69, 9.17) is 8.85 Å². The summed E-state index contributed by atoms with van der Waals surface area (Å²) >= 11 is 0. The minimum Gasteiger partial charge on any atom is -0.525 e. The van der Waals surface area contributed by atoms with E-state index < -0.39 is 19.5 Å². The number of rotatable bonds is 17. The van der Waals surface area contributed by atoms with Crippen LogP contribution in [0.5, 0.6) is 0 Å². The summed E-state index contributed by atoms with van der Waals surface area (Å²) in [5, 5.41) is 0. The van der Waals surface area contributed by atoms with Crippen LogP contribution in [0.3, 0.4) is 0 Å². The summed E-state index contributed by atoms with van der Waals surface area (Å²) in [6.45, 7) is 8.49. The Labute approximate surface area is 166 Å². The highest BCUT2D eigenvalue weighted by Gasteiger charge is 2.18. The van der Waals surface area contributed by atoms with Gasteiger partial charge in [0.2, 0.25) is 19.5 Å². The fourth-order valence-electron chi connectivity index (χ4n) is 3.29. The van der Waals surface area contributed by atoms with Crippen molar-refractivity contribution in [3.05, 3.63) is 0 Å². The molecule has 6 heteroatoms. The molecule has 0 saturated carbocycles. The summed E-state index contributed by atoms with van der Waals surface area (Å²) in [7, 11) is -1.46. The van der Waals surface area contributed by atoms with E-state index >= 15 is 0 Å². The lowest BCUT2D eigenvalue weighted by atomic mass is 9.99. The molecule has 0 aromatic carbocycles. The Balaban J connectivity index is 3.71. The minimum absolute atomic E-state index is 0.0431. The fourth-order valence-corrected chi connectivity index (χ4v) is 5.57. The normalized spacial score (nSPS) is 12.1. The van der Waals surface area contributed by atoms with Crippen LogP contribution in [0.25, 0.3) is 0 Å². The lowest BCUT2D eigenvalue weighted by molar-refractivity contribution is -0.140. The molecule has 0 aliphatic rings. The first-order valence-corrected chi connectivity index (χ1v) is 14.1. The molecule has 4 nitrogen and oxygen atoms in total. The first kappa shape index (κ1) is 25.4. The van der Waals surface area contributed by atoms with Crippen LogP contribution in [0.15, 0.2) is 0 Å². The number of hydrogen-bond acceptors (Lipinski definition) is 4. The highest BCUT2D eigenvalue weighted by Crippen LogP contribution is 2.16. The lowest BCUT2D eigenvalue weighted by Crippen LogP contribution is -2.20. The second-order valence-electron chi connectivity index (χ2n) is 7.30. The zero-order valence-electron chi connectivity index (χ0n) is 17.7. The Morgan fingerprint density at radius 1 is 0.654 bits per heavy atom. The first-order chi connectivity index (χ1) is 12.6. The van der Waals surface area contributed by atoms with E-state index in [1.165, 1.54) is 0 Å². The van der Waals surface area contributed by atoms with Gasteiger partial charge in [-0.05, 0) is 37.8 Å². The van der Waals surface area contributed by atoms with Crippen LogP contribution in [-0.2, 0) is 18.4 Å². The maximum absolute atomic E-state index is 12.1. The van der Waals surface area contributed by atoms with E-state index in [0.717, 1.165) is 76.3 Å². The lowest BCUT2D eigenvalue weighted by Gasteiger charge is -2.15. The largest absolute Gasteiger partial charge is 0.525 e. The van der Waals surface area contributed by atoms with Crippen LogP contribution in [0.4, 0.5) is 0 Å². The standard InChI is InChI=1S/C20H42O4Si2/c1-5-11-17(12-6-2)19(21)23-25-15-9-10-16-26-24-20(22)18(13-7-3)14-8-4/h17-18H,5-16,25-26H2,1-4H3. The Kier molecular flexibility index (Phi) is 17.3. The summed E-state index contributed by atoms with van der Waals surface area (Å²) in [5.41, 5.74) is 0. The third-order valence-corrected chi connectivity index (χ3v) is 7.30. The third kappa shape index (κ3) is 12.7. The molecule has 0 aromatic rings. The van der Waals surface area contributed by atoms with Crippen molar-refractivity contribution in [2.75, 3.05) is 0 Å². The van der Waals surface area contributed by atoms with Crippen molar-refractivity contribution in [3.8, 4) is 0 Å². The van der Waals surface area contributed by atoms with Crippen LogP contribution in [0, 0.1) is 11.8 Å². The maximum atomic E-state index is 12.1. The Morgan fingerprint density at radius 2 is 0.962 bits per heavy atom. The molecule has 0 aromatic heterocycles. The van der Waals surface area contributed by atoms with Crippen molar-refractivity contribution >= 4 is 31.5 Å². The Morgan fingerprint density at radius 3 is 1.23 bits per heavy atom. The van der Waals surface area contributed by atoms with E-state index in [0.29, 0.717) is 0 Å². The van der Waals surface area contributed by atoms with Crippen LogP contribution in [0.2, 0.25) is 12.1 Å². The van der Waals surface area contributed by atoms with Gasteiger partial charge >= 0.3 is 0 Å². The molecule has 0 spiro atoms. The van der Waals surface area contributed by atoms with Crippen molar-refractivity contribution in [1.82, 2.24) is 0 Å². The molecule has 154 valence electrons. The number of hydrogen-bond donors (Lipinski definition) is 0. The van der Waals surface area contributed by atoms with Crippen molar-refractivity contribution in [1.29, 1.82) is 0 Å². The minimum atomic E-state index is -0.731. The topological polar surface area (TPSA) is 52.6 Å². The summed E-state index contributed by atoms with van der Waals surface area (Å²) in [4.78, 5) is 24.1. The van der Waals surface area contributed by atoms with Gasteiger partial charge in [-0.3, -0.25) is 9.59 Å². The smallest absolute Gasteiger partial charge is 0.295 e. The van der Waals surface area contributed by atoms with Crippen molar-refractivity contribution < 1.29 is 18.4 Å². The number of carbonyl (C=O) groups excluding carboxylic acids is 2. The molecular formula is C20H42O4Si2. The van der Waals surface area contributed by atoms with Crippen LogP contribution in [-0.4, -0.2) is 31.5 Å². The average Bonchev–Trinajstić information content (AvgIpc) is 2.63. The molecule has 0 amide bonds. The van der Waals surface area contributed by atoms with Gasteiger partial charge in [0.05, 0.1) is 11.8 Å². The third-order valence-electron chi connectivity index (χ3n) is 4.74. The van der Waals surface area contributed by atoms with Gasteiger partial charge in [0.15, 0.2) is 0 Å². The van der Waals surface area contributed by atoms with Crippen LogP contribution in [0.1, 0.15) is 91.9 Å². The average molecular weight is 403 g/mol. The molecule has 0 fully saturated rings. The van der Waals surface area contributed by atoms with E-state index in [-0.39, 0.29) is 23.8 Å². The van der Waals surface area contributed by atoms with Crippen LogP contribution < -0.4 is 0 Å². The molecule has 0 aliphatic carbocycles. The van der Waals surface area contributed by atoms with E-state index in [1.54, 1.807) is 0 Å². The van der Waals surface area contributed by atoms with Crippen molar-refractivity contribution in [2.45, 2.75) is 104 Å². The van der Waals surface area contributed by atoms with Gasteiger partial charge in [0.25, 0.3) is 11.9 Å². The zero-order valence-corrected chi connectivity index (χ0v) is 20.5. The molecule has 0 unspecified atom stereocenters. The van der Waals surface area contributed by atoms with Gasteiger partial charge in [-0.1, -0.05) is 66.2 Å². The quantitative estimate of drug-likeness (QED) is 0.269. The van der Waals surface area contributed by atoms with Gasteiger partial charge in [-0.15, -0.1) is 0 Å². The van der Waals surface area contributed by atoms with Gasteiger partial charge in [-0.25, -0.2) is 0 Å². The summed E-state index contributed by atoms with van der Waals surface area (Å²) in [5.74, 6) is 0.315. The second kappa shape index (κ2) is 17.8. The van der Waals surface area contributed by atoms with Crippen LogP contribution >= 0.6 is 0 Å². The van der Waals surface area contributed by atoms with Gasteiger partial charge in [0.1, 0.15) is 0 Å².